The molecule has 5 N–H and O–H groups in total. The predicted molar refractivity (Wildman–Crippen MR) is 59.0 cm³/mol. The molecule has 0 bridgehead atoms. The monoisotopic (exact) mass is 248 g/mol. The third-order valence-corrected chi connectivity index (χ3v) is 3.62. The van der Waals surface area contributed by atoms with Crippen LogP contribution < -0.4 is 10.5 Å². The van der Waals surface area contributed by atoms with Crippen LogP contribution in [-0.2, 0) is 10.0 Å². The second-order valence-corrected chi connectivity index (χ2v) is 5.55. The van der Waals surface area contributed by atoms with Gasteiger partial charge in [-0.15, -0.1) is 0 Å². The molecule has 0 spiro atoms. The Hall–Kier alpha value is -1.12. The first-order valence-corrected chi connectivity index (χ1v) is 6.29. The van der Waals surface area contributed by atoms with E-state index < -0.39 is 16.1 Å². The van der Waals surface area contributed by atoms with Crippen LogP contribution in [-0.4, -0.2) is 36.4 Å². The van der Waals surface area contributed by atoms with Gasteiger partial charge in [0, 0.05) is 6.54 Å². The van der Waals surface area contributed by atoms with Crippen molar-refractivity contribution in [3.05, 3.63) is 6.20 Å². The van der Waals surface area contributed by atoms with E-state index in [1.54, 1.807) is 13.8 Å². The molecule has 8 heteroatoms. The number of H-pyrrole nitrogens is 1. The molecule has 92 valence electrons. The van der Waals surface area contributed by atoms with Crippen molar-refractivity contribution < 1.29 is 13.5 Å². The van der Waals surface area contributed by atoms with Gasteiger partial charge in [-0.3, -0.25) is 5.10 Å². The number of hydrogen-bond acceptors (Lipinski definition) is 5. The number of sulfonamides is 1. The van der Waals surface area contributed by atoms with Gasteiger partial charge in [-0.05, 0) is 5.92 Å². The fraction of sp³-hybridized carbons (Fsp3) is 0.625. The minimum absolute atomic E-state index is 0.0217. The Morgan fingerprint density at radius 3 is 2.69 bits per heavy atom. The lowest BCUT2D eigenvalue weighted by molar-refractivity contribution is 0.129. The summed E-state index contributed by atoms with van der Waals surface area (Å²) in [5, 5.41) is 15.3. The lowest BCUT2D eigenvalue weighted by Crippen LogP contribution is -2.34. The molecular weight excluding hydrogens is 232 g/mol. The molecule has 0 fully saturated rings. The highest BCUT2D eigenvalue weighted by molar-refractivity contribution is 7.89. The van der Waals surface area contributed by atoms with Gasteiger partial charge in [0.15, 0.2) is 0 Å². The maximum Gasteiger partial charge on any atom is 0.245 e. The van der Waals surface area contributed by atoms with Gasteiger partial charge in [-0.1, -0.05) is 13.8 Å². The number of aromatic amines is 1. The van der Waals surface area contributed by atoms with E-state index in [0.29, 0.717) is 0 Å². The summed E-state index contributed by atoms with van der Waals surface area (Å²) in [6.07, 6.45) is 0.391. The zero-order valence-corrected chi connectivity index (χ0v) is 9.95. The van der Waals surface area contributed by atoms with E-state index in [1.165, 1.54) is 0 Å². The maximum atomic E-state index is 11.7. The molecular formula is C8H16N4O3S. The summed E-state index contributed by atoms with van der Waals surface area (Å²) in [4.78, 5) is -0.108. The van der Waals surface area contributed by atoms with Crippen LogP contribution in [0.3, 0.4) is 0 Å². The first-order chi connectivity index (χ1) is 7.34. The molecule has 1 heterocycles. The molecule has 0 aliphatic carbocycles. The van der Waals surface area contributed by atoms with Crippen LogP contribution >= 0.6 is 0 Å². The van der Waals surface area contributed by atoms with E-state index in [4.69, 9.17) is 5.73 Å². The van der Waals surface area contributed by atoms with Crippen molar-refractivity contribution in [3.8, 4) is 0 Å². The standard InChI is InChI=1S/C8H16N4O3S/c1-5(2)6(13)3-11-16(14,15)7-4-10-12-8(7)9/h4-6,11,13H,3H2,1-2H3,(H3,9,10,12). The Balaban J connectivity index is 2.71. The number of anilines is 1. The predicted octanol–water partition coefficient (Wildman–Crippen LogP) is -0.713. The summed E-state index contributed by atoms with van der Waals surface area (Å²) >= 11 is 0. The normalized spacial score (nSPS) is 14.2. The zero-order chi connectivity index (χ0) is 12.3. The fourth-order valence-corrected chi connectivity index (χ4v) is 2.08. The van der Waals surface area contributed by atoms with E-state index in [0.717, 1.165) is 6.20 Å². The summed E-state index contributed by atoms with van der Waals surface area (Å²) in [6.45, 7) is 3.54. The number of hydrogen-bond donors (Lipinski definition) is 4. The van der Waals surface area contributed by atoms with Crippen LogP contribution in [0.2, 0.25) is 0 Å². The Morgan fingerprint density at radius 1 is 1.62 bits per heavy atom. The average Bonchev–Trinajstić information content (AvgIpc) is 2.61. The van der Waals surface area contributed by atoms with Gasteiger partial charge in [0.05, 0.1) is 12.3 Å². The van der Waals surface area contributed by atoms with Crippen molar-refractivity contribution in [1.29, 1.82) is 0 Å². The van der Waals surface area contributed by atoms with Gasteiger partial charge in [-0.25, -0.2) is 13.1 Å². The SMILES string of the molecule is CC(C)C(O)CNS(=O)(=O)c1cn[nH]c1N. The average molecular weight is 248 g/mol. The van der Waals surface area contributed by atoms with E-state index in [1.807, 2.05) is 0 Å². The molecule has 1 unspecified atom stereocenters. The fourth-order valence-electron chi connectivity index (χ4n) is 1.01. The molecule has 16 heavy (non-hydrogen) atoms. The minimum Gasteiger partial charge on any atom is -0.391 e. The summed E-state index contributed by atoms with van der Waals surface area (Å²) in [6, 6.07) is 0. The Labute approximate surface area is 94.1 Å². The molecule has 0 radical (unpaired) electrons. The number of nitrogens with zero attached hydrogens (tertiary/aromatic N) is 1. The van der Waals surface area contributed by atoms with Crippen molar-refractivity contribution in [3.63, 3.8) is 0 Å². The van der Waals surface area contributed by atoms with Crippen LogP contribution in [0.5, 0.6) is 0 Å². The summed E-state index contributed by atoms with van der Waals surface area (Å²) < 4.78 is 25.6. The number of aliphatic hydroxyl groups is 1. The van der Waals surface area contributed by atoms with Gasteiger partial charge in [0.25, 0.3) is 0 Å². The lowest BCUT2D eigenvalue weighted by atomic mass is 10.1. The zero-order valence-electron chi connectivity index (χ0n) is 9.14. The largest absolute Gasteiger partial charge is 0.391 e. The van der Waals surface area contributed by atoms with Crippen molar-refractivity contribution in [2.75, 3.05) is 12.3 Å². The molecule has 0 amide bonds. The third kappa shape index (κ3) is 2.94. The smallest absolute Gasteiger partial charge is 0.245 e. The van der Waals surface area contributed by atoms with Crippen LogP contribution in [0.4, 0.5) is 5.82 Å². The van der Waals surface area contributed by atoms with Crippen LogP contribution in [0.15, 0.2) is 11.1 Å². The van der Waals surface area contributed by atoms with E-state index in [-0.39, 0.29) is 23.2 Å². The van der Waals surface area contributed by atoms with E-state index in [2.05, 4.69) is 14.9 Å². The topological polar surface area (TPSA) is 121 Å². The first-order valence-electron chi connectivity index (χ1n) is 4.81. The summed E-state index contributed by atoms with van der Waals surface area (Å²) in [7, 11) is -3.70. The molecule has 0 saturated carbocycles. The van der Waals surface area contributed by atoms with Gasteiger partial charge < -0.3 is 10.8 Å². The quantitative estimate of drug-likeness (QED) is 0.548. The van der Waals surface area contributed by atoms with Gasteiger partial charge in [0.1, 0.15) is 10.7 Å². The van der Waals surface area contributed by atoms with Crippen LogP contribution in [0, 0.1) is 5.92 Å². The first kappa shape index (κ1) is 12.9. The van der Waals surface area contributed by atoms with Gasteiger partial charge in [0.2, 0.25) is 10.0 Å². The maximum absolute atomic E-state index is 11.7. The van der Waals surface area contributed by atoms with Crippen LogP contribution in [0.1, 0.15) is 13.8 Å². The van der Waals surface area contributed by atoms with Gasteiger partial charge in [-0.2, -0.15) is 5.10 Å². The second-order valence-electron chi connectivity index (χ2n) is 3.81. The third-order valence-electron chi connectivity index (χ3n) is 2.17. The highest BCUT2D eigenvalue weighted by Crippen LogP contribution is 2.13. The van der Waals surface area contributed by atoms with Crippen LogP contribution in [0.25, 0.3) is 0 Å². The molecule has 1 rings (SSSR count). The highest BCUT2D eigenvalue weighted by atomic mass is 32.2. The van der Waals surface area contributed by atoms with Gasteiger partial charge >= 0.3 is 0 Å². The van der Waals surface area contributed by atoms with E-state index >= 15 is 0 Å². The number of aromatic nitrogens is 2. The van der Waals surface area contributed by atoms with Crippen molar-refractivity contribution in [1.82, 2.24) is 14.9 Å². The van der Waals surface area contributed by atoms with E-state index in [9.17, 15) is 13.5 Å². The molecule has 1 aromatic heterocycles. The van der Waals surface area contributed by atoms with Crippen molar-refractivity contribution in [2.45, 2.75) is 24.8 Å². The van der Waals surface area contributed by atoms with Crippen molar-refractivity contribution in [2.24, 2.45) is 5.92 Å². The highest BCUT2D eigenvalue weighted by Gasteiger charge is 2.21. The Kier molecular flexibility index (Phi) is 3.89. The number of nitrogens with one attached hydrogen (secondary N) is 2. The van der Waals surface area contributed by atoms with Crippen molar-refractivity contribution >= 4 is 15.8 Å². The lowest BCUT2D eigenvalue weighted by Gasteiger charge is -2.14. The Morgan fingerprint density at radius 2 is 2.25 bits per heavy atom. The molecule has 0 aliphatic rings. The minimum atomic E-state index is -3.70. The molecule has 0 aromatic carbocycles. The number of rotatable bonds is 5. The molecule has 0 aliphatic heterocycles. The molecule has 1 atom stereocenters. The Bertz CT molecular complexity index is 440. The molecule has 7 nitrogen and oxygen atoms in total. The second kappa shape index (κ2) is 4.81. The summed E-state index contributed by atoms with van der Waals surface area (Å²) in [5.74, 6) is -0.0454. The molecule has 1 aromatic rings. The molecule has 0 saturated heterocycles. The summed E-state index contributed by atoms with van der Waals surface area (Å²) in [5.41, 5.74) is 5.39. The number of aliphatic hydroxyl groups excluding tert-OH is 1. The number of nitrogens with two attached hydrogens (primary N) is 1. The number of nitrogen functional groups attached to an aromatic ring is 1.